The van der Waals surface area contributed by atoms with Gasteiger partial charge in [0.1, 0.15) is 18.1 Å². The van der Waals surface area contributed by atoms with Crippen LogP contribution in [0.15, 0.2) is 30.3 Å². The van der Waals surface area contributed by atoms with Crippen LogP contribution < -0.4 is 33.2 Å². The normalized spacial score (nSPS) is 14.2. The summed E-state index contributed by atoms with van der Waals surface area (Å²) < 4.78 is 0. The predicted octanol–water partition coefficient (Wildman–Crippen LogP) is -1.24. The van der Waals surface area contributed by atoms with Crippen LogP contribution in [0.3, 0.4) is 0 Å². The van der Waals surface area contributed by atoms with Crippen molar-refractivity contribution < 1.29 is 29.1 Å². The van der Waals surface area contributed by atoms with E-state index in [0.717, 1.165) is 5.56 Å². The van der Waals surface area contributed by atoms with Crippen LogP contribution in [0.25, 0.3) is 0 Å². The highest BCUT2D eigenvalue weighted by atomic mass is 16.4. The molecule has 12 heteroatoms. The number of amides is 4. The Morgan fingerprint density at radius 3 is 2.03 bits per heavy atom. The molecule has 36 heavy (non-hydrogen) atoms. The first kappa shape index (κ1) is 30.5. The fourth-order valence-corrected chi connectivity index (χ4v) is 3.45. The highest BCUT2D eigenvalue weighted by Gasteiger charge is 2.32. The van der Waals surface area contributed by atoms with E-state index in [2.05, 4.69) is 16.0 Å². The van der Waals surface area contributed by atoms with Crippen LogP contribution in [0.4, 0.5) is 0 Å². The van der Waals surface area contributed by atoms with Crippen LogP contribution >= 0.6 is 0 Å². The second kappa shape index (κ2) is 15.5. The lowest BCUT2D eigenvalue weighted by molar-refractivity contribution is -0.143. The largest absolute Gasteiger partial charge is 0.480 e. The second-order valence-corrected chi connectivity index (χ2v) is 8.94. The molecule has 4 amide bonds. The van der Waals surface area contributed by atoms with Gasteiger partial charge < -0.3 is 38.3 Å². The van der Waals surface area contributed by atoms with Crippen molar-refractivity contribution in [2.24, 2.45) is 23.1 Å². The van der Waals surface area contributed by atoms with Gasteiger partial charge in [-0.15, -0.1) is 0 Å². The summed E-state index contributed by atoms with van der Waals surface area (Å²) in [5, 5.41) is 16.8. The molecule has 0 aliphatic rings. The molecule has 0 saturated carbocycles. The van der Waals surface area contributed by atoms with E-state index in [1.807, 2.05) is 30.3 Å². The van der Waals surface area contributed by atoms with Gasteiger partial charge in [-0.25, -0.2) is 4.79 Å². The van der Waals surface area contributed by atoms with Crippen molar-refractivity contribution in [3.05, 3.63) is 35.9 Å². The lowest BCUT2D eigenvalue weighted by atomic mass is 10.00. The quantitative estimate of drug-likeness (QED) is 0.134. The molecule has 0 saturated heterocycles. The van der Waals surface area contributed by atoms with Gasteiger partial charge in [-0.3, -0.25) is 19.2 Å². The molecule has 4 unspecified atom stereocenters. The highest BCUT2D eigenvalue weighted by Crippen LogP contribution is 2.08. The zero-order chi connectivity index (χ0) is 27.3. The van der Waals surface area contributed by atoms with Crippen LogP contribution in [0.2, 0.25) is 0 Å². The number of carboxylic acid groups (broad SMARTS) is 1. The molecule has 0 bridgehead atoms. The maximum absolute atomic E-state index is 13.1. The van der Waals surface area contributed by atoms with Crippen LogP contribution in [-0.4, -0.2) is 65.4 Å². The molecule has 0 aromatic heterocycles. The van der Waals surface area contributed by atoms with Gasteiger partial charge >= 0.3 is 5.97 Å². The van der Waals surface area contributed by atoms with E-state index in [1.165, 1.54) is 0 Å². The lowest BCUT2D eigenvalue weighted by Gasteiger charge is -2.27. The fourth-order valence-electron chi connectivity index (χ4n) is 3.45. The van der Waals surface area contributed by atoms with Gasteiger partial charge in [0.2, 0.25) is 23.6 Å². The van der Waals surface area contributed by atoms with E-state index in [1.54, 1.807) is 13.8 Å². The van der Waals surface area contributed by atoms with Crippen molar-refractivity contribution >= 4 is 29.6 Å². The van der Waals surface area contributed by atoms with Gasteiger partial charge in [-0.1, -0.05) is 44.2 Å². The second-order valence-electron chi connectivity index (χ2n) is 8.94. The van der Waals surface area contributed by atoms with E-state index in [-0.39, 0.29) is 18.8 Å². The summed E-state index contributed by atoms with van der Waals surface area (Å²) in [6.45, 7) is 3.82. The summed E-state index contributed by atoms with van der Waals surface area (Å²) in [5.41, 5.74) is 17.5. The summed E-state index contributed by atoms with van der Waals surface area (Å²) in [4.78, 5) is 61.2. The Morgan fingerprint density at radius 1 is 0.889 bits per heavy atom. The third kappa shape index (κ3) is 10.8. The zero-order valence-corrected chi connectivity index (χ0v) is 20.7. The summed E-state index contributed by atoms with van der Waals surface area (Å²) >= 11 is 0. The van der Waals surface area contributed by atoms with E-state index in [9.17, 15) is 29.1 Å². The maximum Gasteiger partial charge on any atom is 0.326 e. The van der Waals surface area contributed by atoms with Crippen LogP contribution in [0.5, 0.6) is 0 Å². The van der Waals surface area contributed by atoms with E-state index in [4.69, 9.17) is 17.2 Å². The van der Waals surface area contributed by atoms with Gasteiger partial charge in [0, 0.05) is 0 Å². The lowest BCUT2D eigenvalue weighted by Crippen LogP contribution is -2.58. The number of nitrogens with one attached hydrogen (secondary N) is 3. The van der Waals surface area contributed by atoms with E-state index >= 15 is 0 Å². The van der Waals surface area contributed by atoms with Gasteiger partial charge in [-0.2, -0.15) is 0 Å². The molecule has 0 fully saturated rings. The van der Waals surface area contributed by atoms with Crippen LogP contribution in [0, 0.1) is 5.92 Å². The Bertz CT molecular complexity index is 894. The first-order valence-electron chi connectivity index (χ1n) is 11.9. The molecule has 1 aromatic carbocycles. The Kier molecular flexibility index (Phi) is 13.1. The summed E-state index contributed by atoms with van der Waals surface area (Å²) in [6.07, 6.45) is 0.892. The maximum atomic E-state index is 13.1. The van der Waals surface area contributed by atoms with Crippen molar-refractivity contribution in [2.45, 2.75) is 70.1 Å². The van der Waals surface area contributed by atoms with Crippen molar-refractivity contribution in [2.75, 3.05) is 6.54 Å². The number of hydrogen-bond donors (Lipinski definition) is 7. The van der Waals surface area contributed by atoms with E-state index < -0.39 is 60.2 Å². The predicted molar refractivity (Wildman–Crippen MR) is 133 cm³/mol. The molecule has 1 aromatic rings. The van der Waals surface area contributed by atoms with Crippen molar-refractivity contribution in [3.63, 3.8) is 0 Å². The number of carbonyl (C=O) groups excluding carboxylic acids is 4. The summed E-state index contributed by atoms with van der Waals surface area (Å²) in [5.74, 6) is -4.62. The average molecular weight is 507 g/mol. The number of aliphatic carboxylic acids is 1. The van der Waals surface area contributed by atoms with Gasteiger partial charge in [-0.05, 0) is 43.7 Å². The average Bonchev–Trinajstić information content (AvgIpc) is 2.81. The van der Waals surface area contributed by atoms with Crippen molar-refractivity contribution in [1.29, 1.82) is 0 Å². The Labute approximate surface area is 210 Å². The molecule has 10 N–H and O–H groups in total. The number of nitrogens with two attached hydrogens (primary N) is 3. The number of rotatable bonds is 16. The van der Waals surface area contributed by atoms with Crippen molar-refractivity contribution in [3.8, 4) is 0 Å². The fraction of sp³-hybridized carbons (Fsp3) is 0.542. The van der Waals surface area contributed by atoms with Crippen LogP contribution in [-0.2, 0) is 30.4 Å². The molecule has 200 valence electrons. The van der Waals surface area contributed by atoms with Gasteiger partial charge in [0.05, 0.1) is 12.5 Å². The Balaban J connectivity index is 2.93. The number of primary amides is 1. The molecule has 1 rings (SSSR count). The minimum atomic E-state index is -1.54. The number of benzene rings is 1. The monoisotopic (exact) mass is 506 g/mol. The number of unbranched alkanes of at least 4 members (excludes halogenated alkanes) is 1. The van der Waals surface area contributed by atoms with Crippen molar-refractivity contribution in [1.82, 2.24) is 16.0 Å². The molecule has 0 spiro atoms. The summed E-state index contributed by atoms with van der Waals surface area (Å²) in [7, 11) is 0. The minimum absolute atomic E-state index is 0.171. The molecule has 0 heterocycles. The highest BCUT2D eigenvalue weighted by molar-refractivity contribution is 5.95. The molecular formula is C24H38N6O6. The number of hydrogen-bond acceptors (Lipinski definition) is 7. The molecule has 0 aliphatic heterocycles. The SMILES string of the molecule is CC(C)C(NC(=O)C(N)Cc1ccccc1)C(=O)NC(CCCCN)C(=O)NC(CC(N)=O)C(=O)O. The van der Waals surface area contributed by atoms with Gasteiger partial charge in [0.25, 0.3) is 0 Å². The Hall–Kier alpha value is -3.51. The summed E-state index contributed by atoms with van der Waals surface area (Å²) in [6, 6.07) is 4.65. The number of carbonyl (C=O) groups is 5. The zero-order valence-electron chi connectivity index (χ0n) is 20.7. The standard InChI is InChI=1S/C24H38N6O6/c1-14(2)20(30-21(32)16(26)12-15-8-4-3-5-9-15)23(34)28-17(10-6-7-11-25)22(33)29-18(24(35)36)13-19(27)31/h3-5,8-9,14,16-18,20H,6-7,10-13,25-26H2,1-2H3,(H2,27,31)(H,28,34)(H,29,33)(H,30,32)(H,35,36). The molecule has 0 aliphatic carbocycles. The molecular weight excluding hydrogens is 468 g/mol. The minimum Gasteiger partial charge on any atom is -0.480 e. The van der Waals surface area contributed by atoms with Gasteiger partial charge in [0.15, 0.2) is 0 Å². The van der Waals surface area contributed by atoms with Crippen LogP contribution in [0.1, 0.15) is 45.1 Å². The topological polar surface area (TPSA) is 220 Å². The number of carboxylic acids is 1. The molecule has 12 nitrogen and oxygen atoms in total. The first-order chi connectivity index (χ1) is 17.0. The molecule has 4 atom stereocenters. The third-order valence-corrected chi connectivity index (χ3v) is 5.48. The van der Waals surface area contributed by atoms with E-state index in [0.29, 0.717) is 19.4 Å². The molecule has 0 radical (unpaired) electrons. The first-order valence-corrected chi connectivity index (χ1v) is 11.9. The smallest absolute Gasteiger partial charge is 0.326 e. The Morgan fingerprint density at radius 2 is 1.50 bits per heavy atom. The third-order valence-electron chi connectivity index (χ3n) is 5.48.